The summed E-state index contributed by atoms with van der Waals surface area (Å²) in [5.41, 5.74) is 11.6. The molecule has 3 rings (SSSR count). The SMILES string of the molecule is Nc1c(Br)cc2c(c1N)C(=O)c1ccc(S(=O)(=O)O)cc1C2=O. The summed E-state index contributed by atoms with van der Waals surface area (Å²) in [7, 11) is -4.50. The Bertz CT molecular complexity index is 1010. The maximum atomic E-state index is 12.6. The molecule has 9 heteroatoms. The minimum absolute atomic E-state index is 0.00308. The molecule has 0 aromatic heterocycles. The van der Waals surface area contributed by atoms with Crippen molar-refractivity contribution in [2.75, 3.05) is 11.5 Å². The molecule has 0 spiro atoms. The molecule has 0 aliphatic heterocycles. The van der Waals surface area contributed by atoms with Gasteiger partial charge in [-0.05, 0) is 40.2 Å². The Morgan fingerprint density at radius 2 is 1.57 bits per heavy atom. The summed E-state index contributed by atoms with van der Waals surface area (Å²) in [6.45, 7) is 0. The molecule has 118 valence electrons. The highest BCUT2D eigenvalue weighted by Gasteiger charge is 2.33. The molecule has 0 bridgehead atoms. The minimum Gasteiger partial charge on any atom is -0.396 e. The number of hydrogen-bond donors (Lipinski definition) is 3. The van der Waals surface area contributed by atoms with Crippen molar-refractivity contribution in [1.29, 1.82) is 0 Å². The van der Waals surface area contributed by atoms with Gasteiger partial charge in [0.15, 0.2) is 11.6 Å². The molecule has 0 saturated heterocycles. The van der Waals surface area contributed by atoms with Gasteiger partial charge in [-0.3, -0.25) is 14.1 Å². The van der Waals surface area contributed by atoms with E-state index >= 15 is 0 Å². The highest BCUT2D eigenvalue weighted by atomic mass is 79.9. The van der Waals surface area contributed by atoms with Gasteiger partial charge >= 0.3 is 0 Å². The first-order valence-electron chi connectivity index (χ1n) is 6.21. The molecule has 23 heavy (non-hydrogen) atoms. The zero-order chi connectivity index (χ0) is 17.1. The number of ketones is 2. The molecule has 0 heterocycles. The quantitative estimate of drug-likeness (QED) is 0.419. The Kier molecular flexibility index (Phi) is 3.32. The van der Waals surface area contributed by atoms with E-state index < -0.39 is 26.6 Å². The molecule has 0 unspecified atom stereocenters. The van der Waals surface area contributed by atoms with Crippen molar-refractivity contribution in [3.63, 3.8) is 0 Å². The second-order valence-electron chi connectivity index (χ2n) is 4.95. The Balaban J connectivity index is 2.34. The zero-order valence-corrected chi connectivity index (χ0v) is 13.7. The molecule has 7 nitrogen and oxygen atoms in total. The summed E-state index contributed by atoms with van der Waals surface area (Å²) in [4.78, 5) is 24.7. The summed E-state index contributed by atoms with van der Waals surface area (Å²) in [5.74, 6) is -1.11. The molecule has 5 N–H and O–H groups in total. The number of carbonyl (C=O) groups excluding carboxylic acids is 2. The van der Waals surface area contributed by atoms with E-state index in [0.717, 1.165) is 12.1 Å². The second-order valence-corrected chi connectivity index (χ2v) is 7.22. The topological polar surface area (TPSA) is 141 Å². The fourth-order valence-electron chi connectivity index (χ4n) is 2.46. The third-order valence-corrected chi connectivity index (χ3v) is 5.11. The van der Waals surface area contributed by atoms with Gasteiger partial charge < -0.3 is 11.5 Å². The van der Waals surface area contributed by atoms with Crippen LogP contribution >= 0.6 is 15.9 Å². The number of benzene rings is 2. The average molecular weight is 397 g/mol. The summed E-state index contributed by atoms with van der Waals surface area (Å²) >= 11 is 3.15. The Labute approximate surface area is 139 Å². The smallest absolute Gasteiger partial charge is 0.294 e. The highest BCUT2D eigenvalue weighted by molar-refractivity contribution is 9.10. The van der Waals surface area contributed by atoms with Gasteiger partial charge in [-0.25, -0.2) is 0 Å². The van der Waals surface area contributed by atoms with Gasteiger partial charge in [0.1, 0.15) is 0 Å². The lowest BCUT2D eigenvalue weighted by Gasteiger charge is -2.21. The first-order valence-corrected chi connectivity index (χ1v) is 8.44. The van der Waals surface area contributed by atoms with Crippen molar-refractivity contribution in [2.45, 2.75) is 4.90 Å². The van der Waals surface area contributed by atoms with Crippen molar-refractivity contribution in [2.24, 2.45) is 0 Å². The predicted molar refractivity (Wildman–Crippen MR) is 86.1 cm³/mol. The van der Waals surface area contributed by atoms with Crippen molar-refractivity contribution in [3.8, 4) is 0 Å². The first kappa shape index (κ1) is 15.7. The van der Waals surface area contributed by atoms with Gasteiger partial charge in [-0.2, -0.15) is 8.42 Å². The van der Waals surface area contributed by atoms with E-state index in [0.29, 0.717) is 4.47 Å². The molecule has 0 amide bonds. The van der Waals surface area contributed by atoms with E-state index in [9.17, 15) is 18.0 Å². The largest absolute Gasteiger partial charge is 0.396 e. The summed E-state index contributed by atoms with van der Waals surface area (Å²) < 4.78 is 31.9. The molecule has 0 atom stereocenters. The van der Waals surface area contributed by atoms with Crippen LogP contribution in [-0.2, 0) is 10.1 Å². The lowest BCUT2D eigenvalue weighted by molar-refractivity contribution is 0.0979. The van der Waals surface area contributed by atoms with E-state index in [1.165, 1.54) is 12.1 Å². The van der Waals surface area contributed by atoms with Crippen LogP contribution in [0.1, 0.15) is 31.8 Å². The molecule has 0 saturated carbocycles. The number of anilines is 2. The Morgan fingerprint density at radius 3 is 2.17 bits per heavy atom. The molecule has 2 aromatic carbocycles. The Morgan fingerprint density at radius 1 is 0.913 bits per heavy atom. The maximum absolute atomic E-state index is 12.6. The number of carbonyl (C=O) groups is 2. The van der Waals surface area contributed by atoms with Crippen molar-refractivity contribution in [1.82, 2.24) is 0 Å². The van der Waals surface area contributed by atoms with Crippen LogP contribution < -0.4 is 11.5 Å². The first-order chi connectivity index (χ1) is 10.6. The fraction of sp³-hybridized carbons (Fsp3) is 0. The number of hydrogen-bond acceptors (Lipinski definition) is 6. The van der Waals surface area contributed by atoms with Crippen LogP contribution in [0.2, 0.25) is 0 Å². The summed E-state index contributed by atoms with van der Waals surface area (Å²) in [5, 5.41) is 0. The summed E-state index contributed by atoms with van der Waals surface area (Å²) in [6, 6.07) is 4.54. The van der Waals surface area contributed by atoms with E-state index in [4.69, 9.17) is 16.0 Å². The molecule has 0 fully saturated rings. The predicted octanol–water partition coefficient (Wildman–Crippen LogP) is 1.64. The van der Waals surface area contributed by atoms with Gasteiger partial charge in [0.2, 0.25) is 0 Å². The van der Waals surface area contributed by atoms with Crippen LogP contribution in [0.3, 0.4) is 0 Å². The van der Waals surface area contributed by atoms with Gasteiger partial charge in [-0.15, -0.1) is 0 Å². The normalized spacial score (nSPS) is 13.7. The van der Waals surface area contributed by atoms with Gasteiger partial charge in [0, 0.05) is 21.2 Å². The van der Waals surface area contributed by atoms with E-state index in [-0.39, 0.29) is 33.6 Å². The van der Waals surface area contributed by atoms with Crippen LogP contribution in [0.4, 0.5) is 11.4 Å². The molecule has 0 radical (unpaired) electrons. The summed E-state index contributed by atoms with van der Waals surface area (Å²) in [6.07, 6.45) is 0. The van der Waals surface area contributed by atoms with E-state index in [2.05, 4.69) is 15.9 Å². The van der Waals surface area contributed by atoms with Crippen LogP contribution in [0.15, 0.2) is 33.6 Å². The van der Waals surface area contributed by atoms with Crippen LogP contribution in [-0.4, -0.2) is 24.5 Å². The number of rotatable bonds is 1. The third kappa shape index (κ3) is 2.24. The van der Waals surface area contributed by atoms with Crippen molar-refractivity contribution < 1.29 is 22.6 Å². The molecule has 2 aromatic rings. The molecule has 1 aliphatic rings. The van der Waals surface area contributed by atoms with Gasteiger partial charge in [0.05, 0.1) is 21.8 Å². The lowest BCUT2D eigenvalue weighted by atomic mass is 9.83. The van der Waals surface area contributed by atoms with Crippen molar-refractivity contribution in [3.05, 3.63) is 51.0 Å². The maximum Gasteiger partial charge on any atom is 0.294 e. The number of halogens is 1. The third-order valence-electron chi connectivity index (χ3n) is 3.61. The van der Waals surface area contributed by atoms with E-state index in [1.807, 2.05) is 0 Å². The number of nitrogens with two attached hydrogens (primary N) is 2. The number of nitrogen functional groups attached to an aromatic ring is 2. The Hall–Kier alpha value is -2.23. The zero-order valence-electron chi connectivity index (χ0n) is 11.3. The van der Waals surface area contributed by atoms with Crippen LogP contribution in [0.5, 0.6) is 0 Å². The molecular weight excluding hydrogens is 388 g/mol. The molecular formula is C14H9BrN2O5S. The minimum atomic E-state index is -4.50. The monoisotopic (exact) mass is 396 g/mol. The number of fused-ring (bicyclic) bond motifs is 2. The lowest BCUT2D eigenvalue weighted by Crippen LogP contribution is -2.23. The van der Waals surface area contributed by atoms with Gasteiger partial charge in [0.25, 0.3) is 10.1 Å². The second kappa shape index (κ2) is 4.88. The van der Waals surface area contributed by atoms with Crippen LogP contribution in [0.25, 0.3) is 0 Å². The standard InChI is InChI=1S/C14H9BrN2O5S/c15-9-4-8-10(12(17)11(9)16)14(19)6-2-1-5(23(20,21)22)3-7(6)13(8)18/h1-4H,16-17H2,(H,20,21,22). The van der Waals surface area contributed by atoms with Gasteiger partial charge in [-0.1, -0.05) is 0 Å². The fourth-order valence-corrected chi connectivity index (χ4v) is 3.41. The van der Waals surface area contributed by atoms with E-state index in [1.54, 1.807) is 0 Å². The van der Waals surface area contributed by atoms with Crippen LogP contribution in [0, 0.1) is 0 Å². The highest BCUT2D eigenvalue weighted by Crippen LogP contribution is 2.38. The molecule has 1 aliphatic carbocycles. The van der Waals surface area contributed by atoms with Crippen molar-refractivity contribution >= 4 is 49.0 Å². The average Bonchev–Trinajstić information content (AvgIpc) is 2.48.